The highest BCUT2D eigenvalue weighted by Gasteiger charge is 2.30. The Labute approximate surface area is 165 Å². The number of thiazole rings is 1. The van der Waals surface area contributed by atoms with Crippen LogP contribution in [-0.4, -0.2) is 17.3 Å². The molecule has 1 aromatic heterocycles. The number of benzene rings is 2. The standard InChI is InChI=1S/C18H12BrF3N2O2S/c19-15-4-2-1-3-14(15)16(25)24-17-23-10-13(27-17)9-11-5-7-12(8-6-11)26-18(20,21)22/h1-8,10H,9H2,(H,23,24,25). The fourth-order valence-corrected chi connectivity index (χ4v) is 3.57. The second-order valence-corrected chi connectivity index (χ2v) is 7.40. The minimum absolute atomic E-state index is 0.267. The van der Waals surface area contributed by atoms with Gasteiger partial charge in [0.25, 0.3) is 5.91 Å². The van der Waals surface area contributed by atoms with Gasteiger partial charge in [0.15, 0.2) is 5.13 Å². The number of halogens is 4. The number of hydrogen-bond donors (Lipinski definition) is 1. The molecule has 0 saturated carbocycles. The van der Waals surface area contributed by atoms with Crippen LogP contribution in [0.15, 0.2) is 59.2 Å². The molecule has 0 spiro atoms. The van der Waals surface area contributed by atoms with Crippen LogP contribution in [0.2, 0.25) is 0 Å². The summed E-state index contributed by atoms with van der Waals surface area (Å²) in [6.45, 7) is 0. The van der Waals surface area contributed by atoms with Crippen LogP contribution < -0.4 is 10.1 Å². The summed E-state index contributed by atoms with van der Waals surface area (Å²) in [4.78, 5) is 17.3. The second-order valence-electron chi connectivity index (χ2n) is 5.43. The molecule has 4 nitrogen and oxygen atoms in total. The lowest BCUT2D eigenvalue weighted by Gasteiger charge is -2.08. The van der Waals surface area contributed by atoms with Gasteiger partial charge >= 0.3 is 6.36 Å². The van der Waals surface area contributed by atoms with E-state index in [4.69, 9.17) is 0 Å². The van der Waals surface area contributed by atoms with Crippen molar-refractivity contribution in [2.45, 2.75) is 12.8 Å². The topological polar surface area (TPSA) is 51.2 Å². The van der Waals surface area contributed by atoms with Crippen LogP contribution in [-0.2, 0) is 6.42 Å². The Kier molecular flexibility index (Phi) is 5.81. The van der Waals surface area contributed by atoms with Crippen LogP contribution in [0.1, 0.15) is 20.8 Å². The van der Waals surface area contributed by atoms with Crippen molar-refractivity contribution in [1.82, 2.24) is 4.98 Å². The van der Waals surface area contributed by atoms with Gasteiger partial charge in [-0.05, 0) is 45.8 Å². The molecule has 0 atom stereocenters. The van der Waals surface area contributed by atoms with Crippen molar-refractivity contribution in [3.05, 3.63) is 75.2 Å². The molecular weight excluding hydrogens is 445 g/mol. The molecule has 0 aliphatic rings. The Morgan fingerprint density at radius 3 is 2.52 bits per heavy atom. The van der Waals surface area contributed by atoms with Crippen molar-refractivity contribution >= 4 is 38.3 Å². The summed E-state index contributed by atoms with van der Waals surface area (Å²) in [6, 6.07) is 12.7. The molecule has 0 fully saturated rings. The fourth-order valence-electron chi connectivity index (χ4n) is 2.27. The molecule has 1 N–H and O–H groups in total. The molecule has 9 heteroatoms. The summed E-state index contributed by atoms with van der Waals surface area (Å²) in [5, 5.41) is 3.18. The van der Waals surface area contributed by atoms with Crippen LogP contribution in [0.3, 0.4) is 0 Å². The number of amides is 1. The number of rotatable bonds is 5. The van der Waals surface area contributed by atoms with Gasteiger partial charge in [-0.3, -0.25) is 10.1 Å². The minimum atomic E-state index is -4.71. The maximum Gasteiger partial charge on any atom is 0.573 e. The predicted molar refractivity (Wildman–Crippen MR) is 100 cm³/mol. The van der Waals surface area contributed by atoms with Crippen molar-refractivity contribution in [2.75, 3.05) is 5.32 Å². The van der Waals surface area contributed by atoms with E-state index in [-0.39, 0.29) is 11.7 Å². The number of hydrogen-bond acceptors (Lipinski definition) is 4. The third-order valence-electron chi connectivity index (χ3n) is 3.43. The minimum Gasteiger partial charge on any atom is -0.406 e. The van der Waals surface area contributed by atoms with Crippen molar-refractivity contribution in [2.24, 2.45) is 0 Å². The highest BCUT2D eigenvalue weighted by Crippen LogP contribution is 2.26. The first-order valence-corrected chi connectivity index (χ1v) is 9.26. The first kappa shape index (κ1) is 19.4. The molecule has 0 bridgehead atoms. The summed E-state index contributed by atoms with van der Waals surface area (Å²) in [6.07, 6.45) is -2.60. The van der Waals surface area contributed by atoms with E-state index in [0.717, 1.165) is 10.4 Å². The number of nitrogens with one attached hydrogen (secondary N) is 1. The molecule has 27 heavy (non-hydrogen) atoms. The van der Waals surface area contributed by atoms with Gasteiger partial charge in [-0.2, -0.15) is 0 Å². The Hall–Kier alpha value is -2.39. The third kappa shape index (κ3) is 5.54. The van der Waals surface area contributed by atoms with E-state index < -0.39 is 6.36 Å². The molecule has 140 valence electrons. The molecule has 0 radical (unpaired) electrons. The van der Waals surface area contributed by atoms with Gasteiger partial charge in [0.05, 0.1) is 5.56 Å². The van der Waals surface area contributed by atoms with Crippen LogP contribution in [0.5, 0.6) is 5.75 Å². The van der Waals surface area contributed by atoms with E-state index >= 15 is 0 Å². The lowest BCUT2D eigenvalue weighted by Crippen LogP contribution is -2.17. The van der Waals surface area contributed by atoms with Crippen LogP contribution >= 0.6 is 27.3 Å². The first-order chi connectivity index (χ1) is 12.8. The van der Waals surface area contributed by atoms with E-state index in [1.807, 2.05) is 6.07 Å². The average Bonchev–Trinajstić information content (AvgIpc) is 3.02. The molecule has 0 aliphatic carbocycles. The summed E-state index contributed by atoms with van der Waals surface area (Å²) < 4.78 is 41.1. The highest BCUT2D eigenvalue weighted by molar-refractivity contribution is 9.10. The highest BCUT2D eigenvalue weighted by atomic mass is 79.9. The maximum absolute atomic E-state index is 12.3. The lowest BCUT2D eigenvalue weighted by atomic mass is 10.1. The molecule has 1 heterocycles. The average molecular weight is 457 g/mol. The molecule has 1 amide bonds. The predicted octanol–water partition coefficient (Wildman–Crippen LogP) is 5.65. The van der Waals surface area contributed by atoms with E-state index in [2.05, 4.69) is 31.0 Å². The monoisotopic (exact) mass is 456 g/mol. The molecule has 0 saturated heterocycles. The fraction of sp³-hybridized carbons (Fsp3) is 0.111. The van der Waals surface area contributed by atoms with Crippen molar-refractivity contribution in [3.63, 3.8) is 0 Å². The van der Waals surface area contributed by atoms with Crippen molar-refractivity contribution < 1.29 is 22.7 Å². The lowest BCUT2D eigenvalue weighted by molar-refractivity contribution is -0.274. The largest absolute Gasteiger partial charge is 0.573 e. The quantitative estimate of drug-likeness (QED) is 0.539. The zero-order chi connectivity index (χ0) is 19.4. The first-order valence-electron chi connectivity index (χ1n) is 7.65. The Morgan fingerprint density at radius 1 is 1.15 bits per heavy atom. The second kappa shape index (κ2) is 8.10. The molecule has 0 aliphatic heterocycles. The number of alkyl halides is 3. The molecule has 0 unspecified atom stereocenters. The van der Waals surface area contributed by atoms with Gasteiger partial charge in [0, 0.05) is 22.0 Å². The molecule has 2 aromatic carbocycles. The molecule has 3 rings (SSSR count). The van der Waals surface area contributed by atoms with Gasteiger partial charge in [-0.1, -0.05) is 24.3 Å². The normalized spacial score (nSPS) is 11.3. The summed E-state index contributed by atoms with van der Waals surface area (Å²) in [7, 11) is 0. The summed E-state index contributed by atoms with van der Waals surface area (Å²) >= 11 is 4.63. The zero-order valence-electron chi connectivity index (χ0n) is 13.6. The third-order valence-corrected chi connectivity index (χ3v) is 5.03. The summed E-state index contributed by atoms with van der Waals surface area (Å²) in [5.41, 5.74) is 1.30. The van der Waals surface area contributed by atoms with Gasteiger partial charge in [0.2, 0.25) is 0 Å². The number of nitrogens with zero attached hydrogens (tertiary/aromatic N) is 1. The molecule has 3 aromatic rings. The van der Waals surface area contributed by atoms with Gasteiger partial charge in [-0.15, -0.1) is 24.5 Å². The molecular formula is C18H12BrF3N2O2S. The number of carbonyl (C=O) groups excluding carboxylic acids is 1. The Morgan fingerprint density at radius 2 is 1.85 bits per heavy atom. The van der Waals surface area contributed by atoms with Gasteiger partial charge < -0.3 is 4.74 Å². The SMILES string of the molecule is O=C(Nc1ncc(Cc2ccc(OC(F)(F)F)cc2)s1)c1ccccc1Br. The van der Waals surface area contributed by atoms with Crippen LogP contribution in [0.25, 0.3) is 0 Å². The van der Waals surface area contributed by atoms with Gasteiger partial charge in [0.1, 0.15) is 5.75 Å². The van der Waals surface area contributed by atoms with E-state index in [1.54, 1.807) is 36.5 Å². The van der Waals surface area contributed by atoms with Gasteiger partial charge in [-0.25, -0.2) is 4.98 Å². The Balaban J connectivity index is 1.63. The van der Waals surface area contributed by atoms with E-state index in [9.17, 15) is 18.0 Å². The van der Waals surface area contributed by atoms with E-state index in [1.165, 1.54) is 23.5 Å². The number of aromatic nitrogens is 1. The van der Waals surface area contributed by atoms with Crippen molar-refractivity contribution in [1.29, 1.82) is 0 Å². The smallest absolute Gasteiger partial charge is 0.406 e. The van der Waals surface area contributed by atoms with Crippen molar-refractivity contribution in [3.8, 4) is 5.75 Å². The number of carbonyl (C=O) groups is 1. The summed E-state index contributed by atoms with van der Waals surface area (Å²) in [5.74, 6) is -0.547. The zero-order valence-corrected chi connectivity index (χ0v) is 16.0. The number of ether oxygens (including phenoxy) is 1. The Bertz CT molecular complexity index is 942. The van der Waals surface area contributed by atoms with Crippen LogP contribution in [0, 0.1) is 0 Å². The van der Waals surface area contributed by atoms with E-state index in [0.29, 0.717) is 21.6 Å². The van der Waals surface area contributed by atoms with Crippen LogP contribution in [0.4, 0.5) is 18.3 Å². The number of anilines is 1. The maximum atomic E-state index is 12.3.